The smallest absolute Gasteiger partial charge is 0.248 e. The molecule has 1 aliphatic rings. The Kier molecular flexibility index (Phi) is 5.43. The number of hydrogen-bond acceptors (Lipinski definition) is 5. The third-order valence-corrected chi connectivity index (χ3v) is 4.34. The van der Waals surface area contributed by atoms with Crippen LogP contribution in [0.5, 0.6) is 0 Å². The predicted molar refractivity (Wildman–Crippen MR) is 100 cm³/mol. The maximum Gasteiger partial charge on any atom is 0.248 e. The minimum atomic E-state index is -0.512. The number of nitrogens with zero attached hydrogens (tertiary/aromatic N) is 2. The lowest BCUT2D eigenvalue weighted by Crippen LogP contribution is -2.36. The monoisotopic (exact) mass is 351 g/mol. The van der Waals surface area contributed by atoms with Crippen molar-refractivity contribution in [3.8, 4) is 0 Å². The molecule has 1 aliphatic heterocycles. The summed E-state index contributed by atoms with van der Waals surface area (Å²) in [5, 5.41) is 0. The fraction of sp³-hybridized carbons (Fsp3) is 0.250. The maximum atomic E-state index is 12.4. The van der Waals surface area contributed by atoms with Crippen molar-refractivity contribution in [2.45, 2.75) is 6.92 Å². The number of amides is 1. The summed E-state index contributed by atoms with van der Waals surface area (Å²) in [6.45, 7) is 4.97. The summed E-state index contributed by atoms with van der Waals surface area (Å²) in [4.78, 5) is 30.2. The largest absolute Gasteiger partial charge is 0.378 e. The van der Waals surface area contributed by atoms with Crippen LogP contribution in [0.25, 0.3) is 5.57 Å². The number of morpholine rings is 1. The molecule has 0 saturated carbocycles. The Morgan fingerprint density at radius 1 is 1.04 bits per heavy atom. The average molecular weight is 351 g/mol. The van der Waals surface area contributed by atoms with Crippen LogP contribution in [0.2, 0.25) is 0 Å². The molecule has 1 saturated heterocycles. The number of rotatable bonds is 5. The zero-order valence-electron chi connectivity index (χ0n) is 14.6. The molecule has 6 nitrogen and oxygen atoms in total. The van der Waals surface area contributed by atoms with E-state index in [-0.39, 0.29) is 5.78 Å². The van der Waals surface area contributed by atoms with E-state index < -0.39 is 5.91 Å². The number of carbonyl (C=O) groups excluding carboxylic acids is 2. The fourth-order valence-electron chi connectivity index (χ4n) is 2.76. The molecule has 2 heterocycles. The van der Waals surface area contributed by atoms with Crippen LogP contribution in [-0.4, -0.2) is 43.0 Å². The number of benzene rings is 1. The molecule has 0 bridgehead atoms. The van der Waals surface area contributed by atoms with Gasteiger partial charge in [0.15, 0.2) is 5.78 Å². The summed E-state index contributed by atoms with van der Waals surface area (Å²) < 4.78 is 5.35. The SMILES string of the molecule is CC(=CC(=O)c1ccc(C(N)=O)cc1)c1ccc(N2CCOCC2)nc1. The number of ketones is 1. The number of aromatic nitrogens is 1. The van der Waals surface area contributed by atoms with Crippen molar-refractivity contribution < 1.29 is 14.3 Å². The van der Waals surface area contributed by atoms with E-state index in [9.17, 15) is 9.59 Å². The highest BCUT2D eigenvalue weighted by Crippen LogP contribution is 2.19. The molecule has 0 atom stereocenters. The molecule has 2 N–H and O–H groups in total. The van der Waals surface area contributed by atoms with E-state index in [4.69, 9.17) is 10.5 Å². The van der Waals surface area contributed by atoms with E-state index in [2.05, 4.69) is 9.88 Å². The van der Waals surface area contributed by atoms with Crippen molar-refractivity contribution in [2.24, 2.45) is 5.73 Å². The van der Waals surface area contributed by atoms with Gasteiger partial charge >= 0.3 is 0 Å². The van der Waals surface area contributed by atoms with Crippen LogP contribution in [0, 0.1) is 0 Å². The molecule has 1 amide bonds. The molecule has 0 unspecified atom stereocenters. The Hall–Kier alpha value is -2.99. The first-order chi connectivity index (χ1) is 12.5. The molecule has 1 aromatic carbocycles. The number of ether oxygens (including phenoxy) is 1. The van der Waals surface area contributed by atoms with Crippen molar-refractivity contribution in [3.05, 3.63) is 65.4 Å². The molecule has 1 fully saturated rings. The third-order valence-electron chi connectivity index (χ3n) is 4.34. The van der Waals surface area contributed by atoms with Gasteiger partial charge in [-0.25, -0.2) is 4.98 Å². The number of primary amides is 1. The molecule has 0 spiro atoms. The first-order valence-electron chi connectivity index (χ1n) is 8.46. The van der Waals surface area contributed by atoms with Gasteiger partial charge in [-0.05, 0) is 48.4 Å². The van der Waals surface area contributed by atoms with E-state index in [0.717, 1.165) is 30.0 Å². The van der Waals surface area contributed by atoms with Crippen LogP contribution in [0.3, 0.4) is 0 Å². The number of allylic oxidation sites excluding steroid dienone is 2. The van der Waals surface area contributed by atoms with Crippen molar-refractivity contribution in [1.82, 2.24) is 4.98 Å². The minimum Gasteiger partial charge on any atom is -0.378 e. The van der Waals surface area contributed by atoms with E-state index in [1.807, 2.05) is 19.1 Å². The van der Waals surface area contributed by atoms with Gasteiger partial charge in [-0.2, -0.15) is 0 Å². The van der Waals surface area contributed by atoms with E-state index in [1.165, 1.54) is 0 Å². The number of anilines is 1. The highest BCUT2D eigenvalue weighted by Gasteiger charge is 2.12. The first kappa shape index (κ1) is 17.8. The number of hydrogen-bond donors (Lipinski definition) is 1. The maximum absolute atomic E-state index is 12.4. The number of pyridine rings is 1. The predicted octanol–water partition coefficient (Wildman–Crippen LogP) is 2.30. The van der Waals surface area contributed by atoms with Crippen molar-refractivity contribution >= 4 is 23.1 Å². The summed E-state index contributed by atoms with van der Waals surface area (Å²) in [6, 6.07) is 10.2. The molecule has 2 aromatic rings. The van der Waals surface area contributed by atoms with Crippen molar-refractivity contribution in [1.29, 1.82) is 0 Å². The van der Waals surface area contributed by atoms with Crippen LogP contribution < -0.4 is 10.6 Å². The highest BCUT2D eigenvalue weighted by molar-refractivity contribution is 6.08. The fourth-order valence-corrected chi connectivity index (χ4v) is 2.76. The Bertz CT molecular complexity index is 820. The van der Waals surface area contributed by atoms with Gasteiger partial charge in [0.25, 0.3) is 0 Å². The average Bonchev–Trinajstić information content (AvgIpc) is 2.68. The molecule has 134 valence electrons. The van der Waals surface area contributed by atoms with Gasteiger partial charge < -0.3 is 15.4 Å². The van der Waals surface area contributed by atoms with Gasteiger partial charge in [0, 0.05) is 30.4 Å². The van der Waals surface area contributed by atoms with Crippen LogP contribution >= 0.6 is 0 Å². The van der Waals surface area contributed by atoms with Gasteiger partial charge in [-0.3, -0.25) is 9.59 Å². The lowest BCUT2D eigenvalue weighted by atomic mass is 10.0. The standard InChI is InChI=1S/C20H21N3O3/c1-14(12-18(24)15-2-4-16(5-3-15)20(21)25)17-6-7-19(22-13-17)23-8-10-26-11-9-23/h2-7,12-13H,8-11H2,1H3,(H2,21,25). The number of nitrogens with two attached hydrogens (primary N) is 1. The van der Waals surface area contributed by atoms with Gasteiger partial charge in [-0.15, -0.1) is 0 Å². The van der Waals surface area contributed by atoms with Crippen LogP contribution in [-0.2, 0) is 4.74 Å². The summed E-state index contributed by atoms with van der Waals surface area (Å²) >= 11 is 0. The molecule has 0 radical (unpaired) electrons. The third kappa shape index (κ3) is 4.15. The Balaban J connectivity index is 1.71. The lowest BCUT2D eigenvalue weighted by molar-refractivity contribution is 0.0997. The van der Waals surface area contributed by atoms with Gasteiger partial charge in [0.1, 0.15) is 5.82 Å². The van der Waals surface area contributed by atoms with E-state index in [1.54, 1.807) is 36.5 Å². The molecule has 6 heteroatoms. The zero-order chi connectivity index (χ0) is 18.5. The van der Waals surface area contributed by atoms with Crippen LogP contribution in [0.15, 0.2) is 48.7 Å². The molecular weight excluding hydrogens is 330 g/mol. The lowest BCUT2D eigenvalue weighted by Gasteiger charge is -2.27. The minimum absolute atomic E-state index is 0.129. The summed E-state index contributed by atoms with van der Waals surface area (Å²) in [6.07, 6.45) is 3.35. The Morgan fingerprint density at radius 3 is 2.23 bits per heavy atom. The molecule has 26 heavy (non-hydrogen) atoms. The summed E-state index contributed by atoms with van der Waals surface area (Å²) in [5.41, 5.74) is 7.82. The van der Waals surface area contributed by atoms with Gasteiger partial charge in [0.2, 0.25) is 5.91 Å². The normalized spacial score (nSPS) is 15.0. The van der Waals surface area contributed by atoms with Crippen molar-refractivity contribution in [2.75, 3.05) is 31.2 Å². The van der Waals surface area contributed by atoms with Gasteiger partial charge in [0.05, 0.1) is 13.2 Å². The topological polar surface area (TPSA) is 85.5 Å². The molecular formula is C20H21N3O3. The second kappa shape index (κ2) is 7.93. The first-order valence-corrected chi connectivity index (χ1v) is 8.46. The molecule has 3 rings (SSSR count). The van der Waals surface area contributed by atoms with E-state index >= 15 is 0 Å². The summed E-state index contributed by atoms with van der Waals surface area (Å²) in [5.74, 6) is 0.274. The molecule has 1 aromatic heterocycles. The Morgan fingerprint density at radius 2 is 1.65 bits per heavy atom. The Labute approximate surface area is 152 Å². The second-order valence-corrected chi connectivity index (χ2v) is 6.14. The number of carbonyl (C=O) groups is 2. The molecule has 0 aliphatic carbocycles. The second-order valence-electron chi connectivity index (χ2n) is 6.14. The highest BCUT2D eigenvalue weighted by atomic mass is 16.5. The van der Waals surface area contributed by atoms with E-state index in [0.29, 0.717) is 24.3 Å². The zero-order valence-corrected chi connectivity index (χ0v) is 14.6. The quantitative estimate of drug-likeness (QED) is 0.660. The van der Waals surface area contributed by atoms with Crippen molar-refractivity contribution in [3.63, 3.8) is 0 Å². The van der Waals surface area contributed by atoms with Crippen LogP contribution in [0.1, 0.15) is 33.2 Å². The van der Waals surface area contributed by atoms with Gasteiger partial charge in [-0.1, -0.05) is 12.1 Å². The summed E-state index contributed by atoms with van der Waals surface area (Å²) in [7, 11) is 0. The van der Waals surface area contributed by atoms with Crippen LogP contribution in [0.4, 0.5) is 5.82 Å².